The lowest BCUT2D eigenvalue weighted by Crippen LogP contribution is -2.31. The standard InChI is InChI=1S/C17H16Cl2N2O3S/c1-11(15-8-3-12(18)9-16(15)19)20(2)17(22)10-25-14-6-4-13(5-7-14)21(23)24/h3-9,11H,10H2,1-2H3. The Hall–Kier alpha value is -1.76. The SMILES string of the molecule is CC(c1ccc(Cl)cc1Cl)N(C)C(=O)CSc1ccc([N+](=O)[O-])cc1. The van der Waals surface area contributed by atoms with E-state index in [1.54, 1.807) is 36.2 Å². The summed E-state index contributed by atoms with van der Waals surface area (Å²) in [6, 6.07) is 11.1. The van der Waals surface area contributed by atoms with E-state index >= 15 is 0 Å². The van der Waals surface area contributed by atoms with E-state index in [-0.39, 0.29) is 23.4 Å². The number of halogens is 2. The van der Waals surface area contributed by atoms with Crippen LogP contribution in [0.5, 0.6) is 0 Å². The number of carbonyl (C=O) groups is 1. The summed E-state index contributed by atoms with van der Waals surface area (Å²) in [7, 11) is 1.72. The minimum absolute atomic E-state index is 0.0267. The Morgan fingerprint density at radius 3 is 2.44 bits per heavy atom. The van der Waals surface area contributed by atoms with Crippen LogP contribution in [0.3, 0.4) is 0 Å². The molecule has 0 aliphatic heterocycles. The van der Waals surface area contributed by atoms with Crippen LogP contribution in [-0.2, 0) is 4.79 Å². The van der Waals surface area contributed by atoms with Crippen LogP contribution in [0.4, 0.5) is 5.69 Å². The molecule has 0 heterocycles. The summed E-state index contributed by atoms with van der Waals surface area (Å²) in [6.07, 6.45) is 0. The number of nitrogens with zero attached hydrogens (tertiary/aromatic N) is 2. The van der Waals surface area contributed by atoms with Gasteiger partial charge >= 0.3 is 0 Å². The molecule has 1 amide bonds. The third-order valence-corrected chi connectivity index (χ3v) is 5.36. The topological polar surface area (TPSA) is 63.5 Å². The van der Waals surface area contributed by atoms with E-state index in [1.165, 1.54) is 23.9 Å². The highest BCUT2D eigenvalue weighted by atomic mass is 35.5. The van der Waals surface area contributed by atoms with Crippen molar-refractivity contribution in [3.05, 3.63) is 68.2 Å². The lowest BCUT2D eigenvalue weighted by molar-refractivity contribution is -0.384. The van der Waals surface area contributed by atoms with E-state index < -0.39 is 4.92 Å². The minimum atomic E-state index is -0.453. The lowest BCUT2D eigenvalue weighted by Gasteiger charge is -2.26. The Morgan fingerprint density at radius 2 is 1.88 bits per heavy atom. The summed E-state index contributed by atoms with van der Waals surface area (Å²) >= 11 is 13.4. The number of rotatable bonds is 6. The zero-order valence-electron chi connectivity index (χ0n) is 13.6. The van der Waals surface area contributed by atoms with Crippen molar-refractivity contribution in [1.29, 1.82) is 0 Å². The molecule has 8 heteroatoms. The van der Waals surface area contributed by atoms with Gasteiger partial charge < -0.3 is 4.90 Å². The highest BCUT2D eigenvalue weighted by Crippen LogP contribution is 2.30. The molecule has 0 bridgehead atoms. The van der Waals surface area contributed by atoms with Crippen LogP contribution in [0.25, 0.3) is 0 Å². The van der Waals surface area contributed by atoms with Crippen LogP contribution in [0.1, 0.15) is 18.5 Å². The van der Waals surface area contributed by atoms with Gasteiger partial charge in [0.1, 0.15) is 0 Å². The summed E-state index contributed by atoms with van der Waals surface area (Å²) < 4.78 is 0. The third kappa shape index (κ3) is 5.11. The van der Waals surface area contributed by atoms with Gasteiger partial charge in [0, 0.05) is 34.1 Å². The smallest absolute Gasteiger partial charge is 0.269 e. The quantitative estimate of drug-likeness (QED) is 0.380. The maximum atomic E-state index is 12.4. The van der Waals surface area contributed by atoms with Crippen LogP contribution < -0.4 is 0 Å². The number of hydrogen-bond donors (Lipinski definition) is 0. The second-order valence-electron chi connectivity index (χ2n) is 5.39. The highest BCUT2D eigenvalue weighted by molar-refractivity contribution is 8.00. The zero-order chi connectivity index (χ0) is 18.6. The van der Waals surface area contributed by atoms with Gasteiger partial charge in [-0.05, 0) is 36.8 Å². The molecule has 1 atom stereocenters. The monoisotopic (exact) mass is 398 g/mol. The normalized spacial score (nSPS) is 11.8. The molecular formula is C17H16Cl2N2O3S. The Kier molecular flexibility index (Phi) is 6.70. The number of benzene rings is 2. The van der Waals surface area contributed by atoms with E-state index in [0.717, 1.165) is 10.5 Å². The van der Waals surface area contributed by atoms with Crippen molar-refractivity contribution in [2.45, 2.75) is 17.9 Å². The summed E-state index contributed by atoms with van der Waals surface area (Å²) in [5.74, 6) is 0.158. The molecule has 5 nitrogen and oxygen atoms in total. The number of nitro benzene ring substituents is 1. The molecule has 2 rings (SSSR count). The Balaban J connectivity index is 1.98. The second kappa shape index (κ2) is 8.56. The number of non-ortho nitro benzene ring substituents is 1. The van der Waals surface area contributed by atoms with Crippen LogP contribution in [0, 0.1) is 10.1 Å². The molecule has 2 aromatic carbocycles. The lowest BCUT2D eigenvalue weighted by atomic mass is 10.1. The third-order valence-electron chi connectivity index (χ3n) is 3.80. The first-order valence-corrected chi connectivity index (χ1v) is 9.11. The van der Waals surface area contributed by atoms with Gasteiger partial charge in [-0.3, -0.25) is 14.9 Å². The van der Waals surface area contributed by atoms with Crippen molar-refractivity contribution >= 4 is 46.6 Å². The van der Waals surface area contributed by atoms with Gasteiger partial charge in [-0.1, -0.05) is 29.3 Å². The fourth-order valence-corrected chi connectivity index (χ4v) is 3.56. The second-order valence-corrected chi connectivity index (χ2v) is 7.28. The summed E-state index contributed by atoms with van der Waals surface area (Å²) in [6.45, 7) is 1.89. The summed E-state index contributed by atoms with van der Waals surface area (Å²) in [5, 5.41) is 11.7. The van der Waals surface area contributed by atoms with E-state index in [1.807, 2.05) is 13.0 Å². The van der Waals surface area contributed by atoms with Crippen molar-refractivity contribution in [2.24, 2.45) is 0 Å². The fourth-order valence-electron chi connectivity index (χ4n) is 2.18. The maximum Gasteiger partial charge on any atom is 0.269 e. The van der Waals surface area contributed by atoms with Crippen molar-refractivity contribution in [2.75, 3.05) is 12.8 Å². The number of nitro groups is 1. The van der Waals surface area contributed by atoms with Crippen molar-refractivity contribution in [1.82, 2.24) is 4.90 Å². The molecule has 25 heavy (non-hydrogen) atoms. The minimum Gasteiger partial charge on any atom is -0.338 e. The highest BCUT2D eigenvalue weighted by Gasteiger charge is 2.20. The fraction of sp³-hybridized carbons (Fsp3) is 0.235. The van der Waals surface area contributed by atoms with Crippen molar-refractivity contribution < 1.29 is 9.72 Å². The maximum absolute atomic E-state index is 12.4. The molecule has 0 radical (unpaired) electrons. The molecule has 1 unspecified atom stereocenters. The van der Waals surface area contributed by atoms with Crippen LogP contribution in [-0.4, -0.2) is 28.5 Å². The van der Waals surface area contributed by atoms with Gasteiger partial charge in [-0.15, -0.1) is 11.8 Å². The van der Waals surface area contributed by atoms with E-state index in [9.17, 15) is 14.9 Å². The summed E-state index contributed by atoms with van der Waals surface area (Å²) in [5.41, 5.74) is 0.848. The molecule has 0 saturated heterocycles. The largest absolute Gasteiger partial charge is 0.338 e. The Morgan fingerprint density at radius 1 is 1.24 bits per heavy atom. The number of thioether (sulfide) groups is 1. The Bertz CT molecular complexity index is 784. The number of amides is 1. The van der Waals surface area contributed by atoms with Gasteiger partial charge in [0.15, 0.2) is 0 Å². The van der Waals surface area contributed by atoms with Gasteiger partial charge in [0.25, 0.3) is 5.69 Å². The Labute approximate surface area is 160 Å². The molecule has 0 aliphatic rings. The summed E-state index contributed by atoms with van der Waals surface area (Å²) in [4.78, 5) is 25.0. The molecular weight excluding hydrogens is 383 g/mol. The van der Waals surface area contributed by atoms with Gasteiger partial charge in [-0.25, -0.2) is 0 Å². The van der Waals surface area contributed by atoms with E-state index in [4.69, 9.17) is 23.2 Å². The molecule has 0 N–H and O–H groups in total. The van der Waals surface area contributed by atoms with Crippen LogP contribution >= 0.6 is 35.0 Å². The number of hydrogen-bond acceptors (Lipinski definition) is 4. The first-order chi connectivity index (χ1) is 11.8. The molecule has 0 aromatic heterocycles. The molecule has 0 spiro atoms. The van der Waals surface area contributed by atoms with E-state index in [2.05, 4.69) is 0 Å². The molecule has 2 aromatic rings. The molecule has 132 valence electrons. The van der Waals surface area contributed by atoms with Crippen LogP contribution in [0.2, 0.25) is 10.0 Å². The molecule has 0 saturated carbocycles. The van der Waals surface area contributed by atoms with Gasteiger partial charge in [0.05, 0.1) is 16.7 Å². The predicted octanol–water partition coefficient (Wildman–Crippen LogP) is 5.21. The van der Waals surface area contributed by atoms with Crippen LogP contribution in [0.15, 0.2) is 47.4 Å². The average molecular weight is 399 g/mol. The first-order valence-electron chi connectivity index (χ1n) is 7.37. The molecule has 0 aliphatic carbocycles. The van der Waals surface area contributed by atoms with E-state index in [0.29, 0.717) is 10.0 Å². The average Bonchev–Trinajstić information content (AvgIpc) is 2.58. The predicted molar refractivity (Wildman–Crippen MR) is 101 cm³/mol. The van der Waals surface area contributed by atoms with Gasteiger partial charge in [-0.2, -0.15) is 0 Å². The number of carbonyl (C=O) groups excluding carboxylic acids is 1. The molecule has 0 fully saturated rings. The first kappa shape index (κ1) is 19.6. The zero-order valence-corrected chi connectivity index (χ0v) is 15.9. The van der Waals surface area contributed by atoms with Gasteiger partial charge in [0.2, 0.25) is 5.91 Å². The van der Waals surface area contributed by atoms with Crippen molar-refractivity contribution in [3.63, 3.8) is 0 Å². The van der Waals surface area contributed by atoms with Crippen molar-refractivity contribution in [3.8, 4) is 0 Å².